The summed E-state index contributed by atoms with van der Waals surface area (Å²) in [5.74, 6) is 1.69. The standard InChI is InChI=1S/C16H24N2OS/c1-13-5-3-8-18(12-13)9-4-10-19-15-7-2-6-14(11-15)16(17)20/h2,6-7,11,13H,3-5,8-10,12H2,1H3,(H2,17,20). The van der Waals surface area contributed by atoms with Crippen LogP contribution in [0.5, 0.6) is 5.75 Å². The first kappa shape index (κ1) is 15.3. The van der Waals surface area contributed by atoms with Gasteiger partial charge >= 0.3 is 0 Å². The summed E-state index contributed by atoms with van der Waals surface area (Å²) < 4.78 is 5.77. The average Bonchev–Trinajstić information content (AvgIpc) is 2.44. The van der Waals surface area contributed by atoms with E-state index in [0.717, 1.165) is 36.8 Å². The molecule has 2 N–H and O–H groups in total. The lowest BCUT2D eigenvalue weighted by Crippen LogP contribution is -2.35. The van der Waals surface area contributed by atoms with Crippen LogP contribution in [0.1, 0.15) is 31.7 Å². The predicted molar refractivity (Wildman–Crippen MR) is 87.3 cm³/mol. The molecule has 1 aliphatic rings. The third-order valence-electron chi connectivity index (χ3n) is 3.75. The minimum atomic E-state index is 0.415. The lowest BCUT2D eigenvalue weighted by atomic mass is 10.0. The largest absolute Gasteiger partial charge is 0.494 e. The summed E-state index contributed by atoms with van der Waals surface area (Å²) in [4.78, 5) is 2.96. The molecule has 110 valence electrons. The summed E-state index contributed by atoms with van der Waals surface area (Å²) in [5, 5.41) is 0. The predicted octanol–water partition coefficient (Wildman–Crippen LogP) is 2.82. The van der Waals surface area contributed by atoms with Crippen LogP contribution in [-0.2, 0) is 0 Å². The summed E-state index contributed by atoms with van der Waals surface area (Å²) in [6.07, 6.45) is 3.76. The summed E-state index contributed by atoms with van der Waals surface area (Å²) in [6, 6.07) is 7.69. The second-order valence-electron chi connectivity index (χ2n) is 5.64. The first-order valence-electron chi connectivity index (χ1n) is 7.40. The Morgan fingerprint density at radius 2 is 2.35 bits per heavy atom. The number of hydrogen-bond acceptors (Lipinski definition) is 3. The van der Waals surface area contributed by atoms with E-state index in [4.69, 9.17) is 22.7 Å². The van der Waals surface area contributed by atoms with Crippen molar-refractivity contribution in [2.24, 2.45) is 11.7 Å². The molecular weight excluding hydrogens is 268 g/mol. The molecular formula is C16H24N2OS. The van der Waals surface area contributed by atoms with Crippen LogP contribution in [0.25, 0.3) is 0 Å². The molecule has 1 unspecified atom stereocenters. The first-order chi connectivity index (χ1) is 9.65. The molecule has 1 aliphatic heterocycles. The van der Waals surface area contributed by atoms with Crippen molar-refractivity contribution >= 4 is 17.2 Å². The third kappa shape index (κ3) is 4.76. The van der Waals surface area contributed by atoms with Crippen LogP contribution in [-0.4, -0.2) is 36.1 Å². The Morgan fingerprint density at radius 3 is 3.10 bits per heavy atom. The minimum Gasteiger partial charge on any atom is -0.494 e. The zero-order valence-corrected chi connectivity index (χ0v) is 13.0. The van der Waals surface area contributed by atoms with Crippen LogP contribution in [0.4, 0.5) is 0 Å². The molecule has 1 heterocycles. The Morgan fingerprint density at radius 1 is 1.50 bits per heavy atom. The molecule has 0 radical (unpaired) electrons. The number of likely N-dealkylation sites (tertiary alicyclic amines) is 1. The smallest absolute Gasteiger partial charge is 0.119 e. The van der Waals surface area contributed by atoms with E-state index < -0.39 is 0 Å². The molecule has 0 amide bonds. The van der Waals surface area contributed by atoms with Crippen LogP contribution >= 0.6 is 12.2 Å². The molecule has 3 nitrogen and oxygen atoms in total. The molecule has 0 spiro atoms. The monoisotopic (exact) mass is 292 g/mol. The van der Waals surface area contributed by atoms with E-state index >= 15 is 0 Å². The Balaban J connectivity index is 1.70. The number of rotatable bonds is 6. The van der Waals surface area contributed by atoms with Crippen LogP contribution in [0, 0.1) is 5.92 Å². The summed E-state index contributed by atoms with van der Waals surface area (Å²) in [5.41, 5.74) is 6.48. The Hall–Kier alpha value is -1.13. The normalized spacial score (nSPS) is 19.8. The number of nitrogens with zero attached hydrogens (tertiary/aromatic N) is 1. The second-order valence-corrected chi connectivity index (χ2v) is 6.08. The number of piperidine rings is 1. The highest BCUT2D eigenvalue weighted by Crippen LogP contribution is 2.16. The van der Waals surface area contributed by atoms with E-state index in [0.29, 0.717) is 4.99 Å². The van der Waals surface area contributed by atoms with Gasteiger partial charge in [-0.1, -0.05) is 31.3 Å². The lowest BCUT2D eigenvalue weighted by molar-refractivity contribution is 0.170. The van der Waals surface area contributed by atoms with E-state index in [9.17, 15) is 0 Å². The van der Waals surface area contributed by atoms with Crippen LogP contribution in [0.15, 0.2) is 24.3 Å². The molecule has 1 aromatic carbocycles. The van der Waals surface area contributed by atoms with E-state index in [-0.39, 0.29) is 0 Å². The molecule has 20 heavy (non-hydrogen) atoms. The van der Waals surface area contributed by atoms with Gasteiger partial charge in [0.05, 0.1) is 6.61 Å². The van der Waals surface area contributed by atoms with Crippen molar-refractivity contribution in [3.05, 3.63) is 29.8 Å². The van der Waals surface area contributed by atoms with Crippen LogP contribution in [0.2, 0.25) is 0 Å². The molecule has 0 saturated carbocycles. The zero-order valence-electron chi connectivity index (χ0n) is 12.2. The molecule has 0 aliphatic carbocycles. The van der Waals surface area contributed by atoms with Crippen LogP contribution in [0.3, 0.4) is 0 Å². The fourth-order valence-corrected chi connectivity index (χ4v) is 2.83. The van der Waals surface area contributed by atoms with Gasteiger partial charge in [-0.25, -0.2) is 0 Å². The maximum Gasteiger partial charge on any atom is 0.119 e. The topological polar surface area (TPSA) is 38.5 Å². The lowest BCUT2D eigenvalue weighted by Gasteiger charge is -2.30. The fraction of sp³-hybridized carbons (Fsp3) is 0.562. The second kappa shape index (κ2) is 7.60. The number of benzene rings is 1. The minimum absolute atomic E-state index is 0.415. The molecule has 1 atom stereocenters. The molecule has 1 aromatic rings. The van der Waals surface area contributed by atoms with Gasteiger partial charge < -0.3 is 15.4 Å². The highest BCUT2D eigenvalue weighted by atomic mass is 32.1. The van der Waals surface area contributed by atoms with Gasteiger partial charge in [-0.05, 0) is 43.9 Å². The maximum atomic E-state index is 5.77. The molecule has 0 bridgehead atoms. The van der Waals surface area contributed by atoms with Crippen molar-refractivity contribution in [3.8, 4) is 5.75 Å². The van der Waals surface area contributed by atoms with Gasteiger partial charge in [-0.3, -0.25) is 0 Å². The van der Waals surface area contributed by atoms with Gasteiger partial charge in [-0.2, -0.15) is 0 Å². The number of ether oxygens (including phenoxy) is 1. The average molecular weight is 292 g/mol. The van der Waals surface area contributed by atoms with E-state index in [1.807, 2.05) is 24.3 Å². The number of hydrogen-bond donors (Lipinski definition) is 1. The van der Waals surface area contributed by atoms with Gasteiger partial charge in [0.25, 0.3) is 0 Å². The number of nitrogens with two attached hydrogens (primary N) is 1. The molecule has 0 aromatic heterocycles. The van der Waals surface area contributed by atoms with Crippen molar-refractivity contribution in [2.45, 2.75) is 26.2 Å². The molecule has 1 fully saturated rings. The zero-order chi connectivity index (χ0) is 14.4. The molecule has 2 rings (SSSR count). The van der Waals surface area contributed by atoms with Gasteiger partial charge in [0, 0.05) is 18.7 Å². The third-order valence-corrected chi connectivity index (χ3v) is 3.98. The summed E-state index contributed by atoms with van der Waals surface area (Å²) in [6.45, 7) is 6.67. The summed E-state index contributed by atoms with van der Waals surface area (Å²) >= 11 is 4.97. The summed E-state index contributed by atoms with van der Waals surface area (Å²) in [7, 11) is 0. The van der Waals surface area contributed by atoms with E-state index in [2.05, 4.69) is 11.8 Å². The SMILES string of the molecule is CC1CCCN(CCCOc2cccc(C(N)=S)c2)C1. The molecule has 1 saturated heterocycles. The molecule has 4 heteroatoms. The van der Waals surface area contributed by atoms with Gasteiger partial charge in [0.15, 0.2) is 0 Å². The Kier molecular flexibility index (Phi) is 5.80. The van der Waals surface area contributed by atoms with Gasteiger partial charge in [0.2, 0.25) is 0 Å². The Labute approximate surface area is 127 Å². The first-order valence-corrected chi connectivity index (χ1v) is 7.81. The van der Waals surface area contributed by atoms with Gasteiger partial charge in [0.1, 0.15) is 10.7 Å². The Bertz CT molecular complexity index is 450. The quantitative estimate of drug-likeness (QED) is 0.646. The highest BCUT2D eigenvalue weighted by Gasteiger charge is 2.15. The van der Waals surface area contributed by atoms with Crippen molar-refractivity contribution < 1.29 is 4.74 Å². The van der Waals surface area contributed by atoms with Crippen molar-refractivity contribution in [2.75, 3.05) is 26.2 Å². The van der Waals surface area contributed by atoms with E-state index in [1.165, 1.54) is 25.9 Å². The van der Waals surface area contributed by atoms with Crippen molar-refractivity contribution in [1.29, 1.82) is 0 Å². The fourth-order valence-electron chi connectivity index (χ4n) is 2.71. The van der Waals surface area contributed by atoms with Gasteiger partial charge in [-0.15, -0.1) is 0 Å². The number of thiocarbonyl (C=S) groups is 1. The van der Waals surface area contributed by atoms with Crippen molar-refractivity contribution in [3.63, 3.8) is 0 Å². The van der Waals surface area contributed by atoms with Crippen LogP contribution < -0.4 is 10.5 Å². The van der Waals surface area contributed by atoms with Crippen molar-refractivity contribution in [1.82, 2.24) is 4.90 Å². The highest BCUT2D eigenvalue weighted by molar-refractivity contribution is 7.80. The maximum absolute atomic E-state index is 5.77. The van der Waals surface area contributed by atoms with E-state index in [1.54, 1.807) is 0 Å².